The van der Waals surface area contributed by atoms with Gasteiger partial charge in [-0.15, -0.1) is 0 Å². The second-order valence-electron chi connectivity index (χ2n) is 4.97. The summed E-state index contributed by atoms with van der Waals surface area (Å²) in [7, 11) is 0. The zero-order valence-corrected chi connectivity index (χ0v) is 10.9. The Morgan fingerprint density at radius 2 is 1.83 bits per heavy atom. The Bertz CT molecular complexity index is 391. The van der Waals surface area contributed by atoms with Gasteiger partial charge in [-0.3, -0.25) is 4.79 Å². The van der Waals surface area contributed by atoms with Crippen molar-refractivity contribution in [2.24, 2.45) is 5.92 Å². The first-order valence-electron chi connectivity index (χ1n) is 6.72. The van der Waals surface area contributed by atoms with Gasteiger partial charge in [-0.2, -0.15) is 0 Å². The van der Waals surface area contributed by atoms with Crippen LogP contribution in [0.25, 0.3) is 0 Å². The van der Waals surface area contributed by atoms with Crippen LogP contribution < -0.4 is 5.73 Å². The Morgan fingerprint density at radius 3 is 2.39 bits per heavy atom. The van der Waals surface area contributed by atoms with E-state index in [0.717, 1.165) is 31.4 Å². The van der Waals surface area contributed by atoms with Crippen molar-refractivity contribution in [3.63, 3.8) is 0 Å². The van der Waals surface area contributed by atoms with Gasteiger partial charge in [-0.05, 0) is 56.2 Å². The fourth-order valence-corrected chi connectivity index (χ4v) is 2.69. The van der Waals surface area contributed by atoms with Crippen LogP contribution in [0.2, 0.25) is 0 Å². The molecule has 1 saturated carbocycles. The number of rotatable bonds is 3. The molecule has 0 radical (unpaired) electrons. The standard InChI is InChI=1S/C15H21NO2/c1-2-18-15(17)13-5-3-11(4-6-13)12-7-9-14(16)10-8-12/h7-11,13H,2-6,16H2,1H3. The molecule has 1 aliphatic carbocycles. The van der Waals surface area contributed by atoms with Gasteiger partial charge < -0.3 is 10.5 Å². The molecule has 3 heteroatoms. The number of nitrogens with two attached hydrogens (primary N) is 1. The van der Waals surface area contributed by atoms with Gasteiger partial charge in [0.15, 0.2) is 0 Å². The van der Waals surface area contributed by atoms with Crippen LogP contribution in [-0.4, -0.2) is 12.6 Å². The van der Waals surface area contributed by atoms with Crippen molar-refractivity contribution >= 4 is 11.7 Å². The summed E-state index contributed by atoms with van der Waals surface area (Å²) < 4.78 is 5.08. The summed E-state index contributed by atoms with van der Waals surface area (Å²) >= 11 is 0. The van der Waals surface area contributed by atoms with Gasteiger partial charge in [-0.1, -0.05) is 12.1 Å². The van der Waals surface area contributed by atoms with Gasteiger partial charge in [0, 0.05) is 5.69 Å². The molecule has 2 N–H and O–H groups in total. The lowest BCUT2D eigenvalue weighted by Gasteiger charge is -2.27. The van der Waals surface area contributed by atoms with Crippen LogP contribution in [0.4, 0.5) is 5.69 Å². The Balaban J connectivity index is 1.90. The molecule has 1 aliphatic rings. The largest absolute Gasteiger partial charge is 0.466 e. The first kappa shape index (κ1) is 12.9. The molecule has 0 amide bonds. The molecule has 0 atom stereocenters. The summed E-state index contributed by atoms with van der Waals surface area (Å²) in [4.78, 5) is 11.6. The number of hydrogen-bond donors (Lipinski definition) is 1. The van der Waals surface area contributed by atoms with Gasteiger partial charge in [0.05, 0.1) is 12.5 Å². The Kier molecular flexibility index (Phi) is 4.24. The van der Waals surface area contributed by atoms with E-state index in [1.54, 1.807) is 0 Å². The molecule has 0 heterocycles. The van der Waals surface area contributed by atoms with E-state index in [4.69, 9.17) is 10.5 Å². The average molecular weight is 247 g/mol. The number of ether oxygens (including phenoxy) is 1. The van der Waals surface area contributed by atoms with Crippen LogP contribution in [0, 0.1) is 5.92 Å². The van der Waals surface area contributed by atoms with E-state index in [2.05, 4.69) is 12.1 Å². The third-order valence-corrected chi connectivity index (χ3v) is 3.75. The number of esters is 1. The molecule has 1 aromatic rings. The predicted molar refractivity (Wildman–Crippen MR) is 72.2 cm³/mol. The lowest BCUT2D eigenvalue weighted by Crippen LogP contribution is -2.23. The lowest BCUT2D eigenvalue weighted by molar-refractivity contribution is -0.149. The zero-order chi connectivity index (χ0) is 13.0. The first-order valence-corrected chi connectivity index (χ1v) is 6.72. The molecule has 3 nitrogen and oxygen atoms in total. The Morgan fingerprint density at radius 1 is 1.22 bits per heavy atom. The van der Waals surface area contributed by atoms with Crippen molar-refractivity contribution in [3.8, 4) is 0 Å². The normalized spacial score (nSPS) is 23.6. The molecule has 0 saturated heterocycles. The molecular formula is C15H21NO2. The van der Waals surface area contributed by atoms with Gasteiger partial charge in [-0.25, -0.2) is 0 Å². The quantitative estimate of drug-likeness (QED) is 0.659. The minimum absolute atomic E-state index is 0.0201. The van der Waals surface area contributed by atoms with Gasteiger partial charge in [0.1, 0.15) is 0 Å². The van der Waals surface area contributed by atoms with Crippen LogP contribution in [0.5, 0.6) is 0 Å². The second-order valence-corrected chi connectivity index (χ2v) is 4.97. The van der Waals surface area contributed by atoms with E-state index in [9.17, 15) is 4.79 Å². The topological polar surface area (TPSA) is 52.3 Å². The third kappa shape index (κ3) is 3.03. The van der Waals surface area contributed by atoms with Crippen LogP contribution in [0.15, 0.2) is 24.3 Å². The van der Waals surface area contributed by atoms with Gasteiger partial charge >= 0.3 is 5.97 Å². The summed E-state index contributed by atoms with van der Waals surface area (Å²) in [6.07, 6.45) is 4.00. The average Bonchev–Trinajstić information content (AvgIpc) is 2.40. The molecule has 0 bridgehead atoms. The fraction of sp³-hybridized carbons (Fsp3) is 0.533. The predicted octanol–water partition coefficient (Wildman–Crippen LogP) is 3.11. The van der Waals surface area contributed by atoms with Crippen LogP contribution in [-0.2, 0) is 9.53 Å². The Hall–Kier alpha value is -1.51. The highest BCUT2D eigenvalue weighted by Crippen LogP contribution is 2.36. The molecule has 1 aromatic carbocycles. The molecule has 2 rings (SSSR count). The van der Waals surface area contributed by atoms with E-state index in [-0.39, 0.29) is 11.9 Å². The monoisotopic (exact) mass is 247 g/mol. The van der Waals surface area contributed by atoms with E-state index in [1.807, 2.05) is 19.1 Å². The maximum absolute atomic E-state index is 11.6. The van der Waals surface area contributed by atoms with Crippen molar-refractivity contribution in [1.82, 2.24) is 0 Å². The zero-order valence-electron chi connectivity index (χ0n) is 10.9. The molecule has 98 valence electrons. The smallest absolute Gasteiger partial charge is 0.308 e. The second kappa shape index (κ2) is 5.89. The van der Waals surface area contributed by atoms with E-state index < -0.39 is 0 Å². The maximum atomic E-state index is 11.6. The first-order chi connectivity index (χ1) is 8.70. The number of benzene rings is 1. The number of nitrogen functional groups attached to an aromatic ring is 1. The van der Waals surface area contributed by atoms with Crippen LogP contribution in [0.1, 0.15) is 44.1 Å². The number of carbonyl (C=O) groups is 1. The molecule has 1 fully saturated rings. The lowest BCUT2D eigenvalue weighted by atomic mass is 9.79. The van der Waals surface area contributed by atoms with Crippen molar-refractivity contribution in [2.75, 3.05) is 12.3 Å². The van der Waals surface area contributed by atoms with Gasteiger partial charge in [0.25, 0.3) is 0 Å². The maximum Gasteiger partial charge on any atom is 0.308 e. The highest BCUT2D eigenvalue weighted by atomic mass is 16.5. The van der Waals surface area contributed by atoms with E-state index in [1.165, 1.54) is 5.56 Å². The molecule has 0 unspecified atom stereocenters. The van der Waals surface area contributed by atoms with E-state index >= 15 is 0 Å². The van der Waals surface area contributed by atoms with Crippen LogP contribution in [0.3, 0.4) is 0 Å². The number of carbonyl (C=O) groups excluding carboxylic acids is 1. The van der Waals surface area contributed by atoms with Crippen molar-refractivity contribution < 1.29 is 9.53 Å². The summed E-state index contributed by atoms with van der Waals surface area (Å²) in [6, 6.07) is 8.11. The minimum atomic E-state index is -0.0201. The minimum Gasteiger partial charge on any atom is -0.466 e. The molecule has 0 aliphatic heterocycles. The molecule has 0 spiro atoms. The van der Waals surface area contributed by atoms with Crippen molar-refractivity contribution in [2.45, 2.75) is 38.5 Å². The number of anilines is 1. The highest BCUT2D eigenvalue weighted by Gasteiger charge is 2.27. The summed E-state index contributed by atoms with van der Waals surface area (Å²) in [6.45, 7) is 2.34. The fourth-order valence-electron chi connectivity index (χ4n) is 2.69. The Labute approximate surface area is 108 Å². The molecule has 18 heavy (non-hydrogen) atoms. The SMILES string of the molecule is CCOC(=O)C1CCC(c2ccc(N)cc2)CC1. The summed E-state index contributed by atoms with van der Waals surface area (Å²) in [5.41, 5.74) is 7.83. The summed E-state index contributed by atoms with van der Waals surface area (Å²) in [5.74, 6) is 0.652. The van der Waals surface area contributed by atoms with Gasteiger partial charge in [0.2, 0.25) is 0 Å². The molecule has 0 aromatic heterocycles. The molecular weight excluding hydrogens is 226 g/mol. The van der Waals surface area contributed by atoms with Crippen LogP contribution >= 0.6 is 0 Å². The summed E-state index contributed by atoms with van der Waals surface area (Å²) in [5, 5.41) is 0. The van der Waals surface area contributed by atoms with E-state index in [0.29, 0.717) is 12.5 Å². The third-order valence-electron chi connectivity index (χ3n) is 3.75. The van der Waals surface area contributed by atoms with Crippen molar-refractivity contribution in [3.05, 3.63) is 29.8 Å². The highest BCUT2D eigenvalue weighted by molar-refractivity contribution is 5.72. The van der Waals surface area contributed by atoms with Crippen molar-refractivity contribution in [1.29, 1.82) is 0 Å². The number of hydrogen-bond acceptors (Lipinski definition) is 3.